The highest BCUT2D eigenvalue weighted by atomic mass is 32.1. The van der Waals surface area contributed by atoms with E-state index in [1.54, 1.807) is 36.1 Å². The molecule has 0 saturated carbocycles. The number of nitrogens with zero attached hydrogens (tertiary/aromatic N) is 8. The van der Waals surface area contributed by atoms with E-state index in [1.165, 1.54) is 28.4 Å². The summed E-state index contributed by atoms with van der Waals surface area (Å²) in [6.07, 6.45) is 5.53. The van der Waals surface area contributed by atoms with Crippen molar-refractivity contribution in [1.29, 1.82) is 0 Å². The Hall–Kier alpha value is -6.73. The summed E-state index contributed by atoms with van der Waals surface area (Å²) in [5.41, 5.74) is 5.23. The maximum absolute atomic E-state index is 15.9. The number of carbonyl (C=O) groups excluding carboxylic acids is 5. The summed E-state index contributed by atoms with van der Waals surface area (Å²) in [4.78, 5) is 83.3. The molecular formula is C47H47F2N11O5S. The SMILES string of the molecule is O=C1CCC(Nc2ccc(N3CCN(CC(=O)N4CC5(C4)CN(c4ccc(-c6cc(F)c7c(c6)C(=O)N(C(C(=O)Nc6nccs6)c6ncn8c6CCC8)C7)cc4)C5)CC3)c(F)c2)C(=O)N1. The van der Waals surface area contributed by atoms with Crippen LogP contribution < -0.4 is 25.8 Å². The topological polar surface area (TPSA) is 168 Å². The standard InChI is InChI=1S/C47H47F2N11O5S/c48-34-19-29(18-32-33(34)21-60(45(32)65)42(44(64)54-46-50-11-17-66-46)41-38-2-1-12-57(38)27-51-41)28-3-6-31(7-4-28)58-23-47(24-58)25-59(26-47)40(62)22-55-13-15-56(16-14-55)37-9-5-30(20-35(37)49)52-36-8-10-39(61)53-43(36)63/h3-7,9,11,17-20,27,36,42,52H,1-2,8,10,12-16,21-26H2,(H,50,54,64)(H,53,61,63). The third-order valence-corrected chi connectivity index (χ3v) is 14.6. The lowest BCUT2D eigenvalue weighted by Gasteiger charge is -2.61. The number of likely N-dealkylation sites (tertiary alicyclic amines) is 1. The molecule has 340 valence electrons. The first-order valence-electron chi connectivity index (χ1n) is 22.4. The molecule has 19 heteroatoms. The molecule has 5 aromatic rings. The van der Waals surface area contributed by atoms with Crippen LogP contribution in [0.2, 0.25) is 0 Å². The van der Waals surface area contributed by atoms with Gasteiger partial charge >= 0.3 is 0 Å². The Morgan fingerprint density at radius 2 is 1.68 bits per heavy atom. The summed E-state index contributed by atoms with van der Waals surface area (Å²) in [6.45, 7) is 6.46. The minimum atomic E-state index is -1.06. The van der Waals surface area contributed by atoms with Crippen LogP contribution >= 0.6 is 11.3 Å². The number of halogens is 2. The van der Waals surface area contributed by atoms with Crippen LogP contribution in [0.3, 0.4) is 0 Å². The Balaban J connectivity index is 0.667. The zero-order valence-corrected chi connectivity index (χ0v) is 36.8. The normalized spacial score (nSPS) is 20.5. The van der Waals surface area contributed by atoms with Crippen molar-refractivity contribution in [2.45, 2.75) is 50.9 Å². The number of fused-ring (bicyclic) bond motifs is 2. The van der Waals surface area contributed by atoms with Crippen LogP contribution in [0.25, 0.3) is 11.1 Å². The number of imide groups is 1. The molecule has 2 unspecified atom stereocenters. The summed E-state index contributed by atoms with van der Waals surface area (Å²) >= 11 is 1.27. The van der Waals surface area contributed by atoms with Gasteiger partial charge in [0.25, 0.3) is 11.8 Å². The Bertz CT molecular complexity index is 2760. The number of thiazole rings is 1. The van der Waals surface area contributed by atoms with Crippen molar-refractivity contribution < 1.29 is 32.8 Å². The largest absolute Gasteiger partial charge is 0.374 e. The van der Waals surface area contributed by atoms with Gasteiger partial charge in [-0.15, -0.1) is 11.3 Å². The predicted molar refractivity (Wildman–Crippen MR) is 242 cm³/mol. The Labute approximate surface area is 382 Å². The van der Waals surface area contributed by atoms with Gasteiger partial charge in [-0.2, -0.15) is 0 Å². The van der Waals surface area contributed by atoms with Crippen molar-refractivity contribution in [2.24, 2.45) is 5.41 Å². The van der Waals surface area contributed by atoms with E-state index >= 15 is 8.78 Å². The second-order valence-electron chi connectivity index (χ2n) is 18.2. The molecule has 0 aliphatic carbocycles. The van der Waals surface area contributed by atoms with Gasteiger partial charge in [0.15, 0.2) is 11.2 Å². The molecule has 11 rings (SSSR count). The second-order valence-corrected chi connectivity index (χ2v) is 19.1. The minimum Gasteiger partial charge on any atom is -0.374 e. The van der Waals surface area contributed by atoms with Gasteiger partial charge in [-0.3, -0.25) is 39.5 Å². The Kier molecular flexibility index (Phi) is 10.6. The van der Waals surface area contributed by atoms with Crippen molar-refractivity contribution in [2.75, 3.05) is 79.3 Å². The number of amides is 5. The number of piperazine rings is 1. The first-order chi connectivity index (χ1) is 32.0. The zero-order chi connectivity index (χ0) is 45.3. The molecular weight excluding hydrogens is 869 g/mol. The molecule has 2 atom stereocenters. The third-order valence-electron chi connectivity index (χ3n) is 13.9. The monoisotopic (exact) mass is 915 g/mol. The maximum Gasteiger partial charge on any atom is 0.255 e. The van der Waals surface area contributed by atoms with Crippen LogP contribution in [0.1, 0.15) is 52.6 Å². The molecule has 6 aliphatic rings. The van der Waals surface area contributed by atoms with Crippen LogP contribution in [-0.2, 0) is 38.7 Å². The van der Waals surface area contributed by atoms with Crippen molar-refractivity contribution in [3.05, 3.63) is 107 Å². The molecule has 1 spiro atoms. The van der Waals surface area contributed by atoms with Gasteiger partial charge in [0.05, 0.1) is 30.8 Å². The number of aromatic nitrogens is 3. The average molecular weight is 916 g/mol. The van der Waals surface area contributed by atoms with Crippen LogP contribution in [0, 0.1) is 17.0 Å². The van der Waals surface area contributed by atoms with E-state index < -0.39 is 41.4 Å². The number of rotatable bonds is 11. The van der Waals surface area contributed by atoms with Gasteiger partial charge in [0.2, 0.25) is 17.7 Å². The number of hydrogen-bond acceptors (Lipinski definition) is 12. The van der Waals surface area contributed by atoms with Crippen molar-refractivity contribution >= 4 is 63.1 Å². The molecule has 3 aromatic carbocycles. The van der Waals surface area contributed by atoms with Gasteiger partial charge < -0.3 is 29.5 Å². The number of aryl methyl sites for hydroxylation is 1. The number of imidazole rings is 1. The van der Waals surface area contributed by atoms with Gasteiger partial charge in [0.1, 0.15) is 17.7 Å². The predicted octanol–water partition coefficient (Wildman–Crippen LogP) is 4.25. The third kappa shape index (κ3) is 7.72. The Morgan fingerprint density at radius 3 is 2.42 bits per heavy atom. The summed E-state index contributed by atoms with van der Waals surface area (Å²) in [5.74, 6) is -2.40. The fraction of sp³-hybridized carbons (Fsp3) is 0.383. The van der Waals surface area contributed by atoms with Crippen molar-refractivity contribution in [3.63, 3.8) is 0 Å². The van der Waals surface area contributed by atoms with Crippen molar-refractivity contribution in [1.82, 2.24) is 34.6 Å². The van der Waals surface area contributed by atoms with Crippen LogP contribution in [0.4, 0.5) is 31.0 Å². The molecule has 66 heavy (non-hydrogen) atoms. The van der Waals surface area contributed by atoms with E-state index in [9.17, 15) is 24.0 Å². The number of anilines is 4. The highest BCUT2D eigenvalue weighted by Gasteiger charge is 2.53. The average Bonchev–Trinajstić information content (AvgIpc) is 4.10. The maximum atomic E-state index is 15.9. The summed E-state index contributed by atoms with van der Waals surface area (Å²) in [5, 5.41) is 10.3. The van der Waals surface area contributed by atoms with Gasteiger partial charge in [0, 0.05) is 111 Å². The van der Waals surface area contributed by atoms with E-state index in [2.05, 4.69) is 35.7 Å². The molecule has 2 aromatic heterocycles. The highest BCUT2D eigenvalue weighted by molar-refractivity contribution is 7.13. The lowest BCUT2D eigenvalue weighted by Crippen LogP contribution is -2.73. The number of nitrogens with one attached hydrogen (secondary N) is 3. The van der Waals surface area contributed by atoms with Crippen LogP contribution in [0.15, 0.2) is 72.5 Å². The lowest BCUT2D eigenvalue weighted by molar-refractivity contribution is -0.146. The van der Waals surface area contributed by atoms with Gasteiger partial charge in [-0.1, -0.05) is 12.1 Å². The first kappa shape index (κ1) is 41.9. The van der Waals surface area contributed by atoms with E-state index in [1.807, 2.05) is 38.6 Å². The van der Waals surface area contributed by atoms with Crippen LogP contribution in [-0.4, -0.2) is 124 Å². The Morgan fingerprint density at radius 1 is 0.879 bits per heavy atom. The fourth-order valence-corrected chi connectivity index (χ4v) is 11.0. The van der Waals surface area contributed by atoms with Gasteiger partial charge in [-0.25, -0.2) is 18.7 Å². The molecule has 4 fully saturated rings. The molecule has 16 nitrogen and oxygen atoms in total. The number of benzene rings is 3. The molecule has 6 aliphatic heterocycles. The molecule has 5 amide bonds. The van der Waals surface area contributed by atoms with E-state index in [-0.39, 0.29) is 41.3 Å². The van der Waals surface area contributed by atoms with Gasteiger partial charge in [-0.05, 0) is 72.9 Å². The number of carbonyl (C=O) groups is 5. The van der Waals surface area contributed by atoms with E-state index in [0.29, 0.717) is 80.0 Å². The number of hydrogen-bond donors (Lipinski definition) is 3. The second kappa shape index (κ2) is 16.6. The first-order valence-corrected chi connectivity index (χ1v) is 23.2. The zero-order valence-electron chi connectivity index (χ0n) is 36.0. The quantitative estimate of drug-likeness (QED) is 0.162. The molecule has 0 bridgehead atoms. The number of piperidine rings is 1. The summed E-state index contributed by atoms with van der Waals surface area (Å²) in [6, 6.07) is 14.2. The van der Waals surface area contributed by atoms with E-state index in [0.717, 1.165) is 49.4 Å². The van der Waals surface area contributed by atoms with E-state index in [4.69, 9.17) is 0 Å². The molecule has 4 saturated heterocycles. The minimum absolute atomic E-state index is 0.0465. The summed E-state index contributed by atoms with van der Waals surface area (Å²) in [7, 11) is 0. The fourth-order valence-electron chi connectivity index (χ4n) is 10.4. The van der Waals surface area contributed by atoms with Crippen molar-refractivity contribution in [3.8, 4) is 11.1 Å². The smallest absolute Gasteiger partial charge is 0.255 e. The highest BCUT2D eigenvalue weighted by Crippen LogP contribution is 2.43. The summed E-state index contributed by atoms with van der Waals surface area (Å²) < 4.78 is 33.2. The molecule has 8 heterocycles. The van der Waals surface area contributed by atoms with Crippen LogP contribution in [0.5, 0.6) is 0 Å². The molecule has 0 radical (unpaired) electrons. The molecule has 3 N–H and O–H groups in total. The lowest BCUT2D eigenvalue weighted by atomic mass is 9.72.